The van der Waals surface area contributed by atoms with Gasteiger partial charge in [0.1, 0.15) is 5.76 Å². The topological polar surface area (TPSA) is 71.3 Å². The van der Waals surface area contributed by atoms with Crippen molar-refractivity contribution in [1.29, 1.82) is 0 Å². The van der Waals surface area contributed by atoms with Crippen LogP contribution in [0.15, 0.2) is 65.1 Å². The number of nitrogens with one attached hydrogen (secondary N) is 2. The summed E-state index contributed by atoms with van der Waals surface area (Å²) in [6.45, 7) is 1.95. The van der Waals surface area contributed by atoms with Gasteiger partial charge in [0.25, 0.3) is 5.91 Å². The fourth-order valence-corrected chi connectivity index (χ4v) is 2.64. The molecule has 0 saturated carbocycles. The standard InChI is InChI=1S/C21H19ClN2O3/c1-2-3-20(25)23-16-8-10-17(11-9-16)24-21(26)19-13-12-18(27-19)14-4-6-15(22)7-5-14/h4-13H,2-3H2,1H3,(H,23,25)(H,24,26). The molecule has 2 amide bonds. The summed E-state index contributed by atoms with van der Waals surface area (Å²) in [6.07, 6.45) is 1.27. The van der Waals surface area contributed by atoms with E-state index in [2.05, 4.69) is 10.6 Å². The predicted molar refractivity (Wildman–Crippen MR) is 107 cm³/mol. The van der Waals surface area contributed by atoms with Gasteiger partial charge >= 0.3 is 0 Å². The van der Waals surface area contributed by atoms with Gasteiger partial charge in [-0.05, 0) is 67.1 Å². The van der Waals surface area contributed by atoms with Gasteiger partial charge in [-0.15, -0.1) is 0 Å². The maximum absolute atomic E-state index is 12.4. The van der Waals surface area contributed by atoms with Crippen molar-refractivity contribution in [2.24, 2.45) is 0 Å². The molecule has 0 aliphatic rings. The second-order valence-corrected chi connectivity index (χ2v) is 6.44. The van der Waals surface area contributed by atoms with Crippen LogP contribution in [0, 0.1) is 0 Å². The molecule has 0 atom stereocenters. The molecule has 3 aromatic rings. The molecule has 5 nitrogen and oxygen atoms in total. The van der Waals surface area contributed by atoms with E-state index in [9.17, 15) is 9.59 Å². The molecular weight excluding hydrogens is 364 g/mol. The number of carbonyl (C=O) groups excluding carboxylic acids is 2. The first-order valence-corrected chi connectivity index (χ1v) is 9.00. The fourth-order valence-electron chi connectivity index (χ4n) is 2.51. The molecule has 1 heterocycles. The third-order valence-corrected chi connectivity index (χ3v) is 4.11. The number of anilines is 2. The first-order valence-electron chi connectivity index (χ1n) is 8.62. The molecule has 138 valence electrons. The Kier molecular flexibility index (Phi) is 5.94. The van der Waals surface area contributed by atoms with Gasteiger partial charge in [-0.1, -0.05) is 18.5 Å². The van der Waals surface area contributed by atoms with Gasteiger partial charge in [-0.25, -0.2) is 0 Å². The highest BCUT2D eigenvalue weighted by molar-refractivity contribution is 6.30. The quantitative estimate of drug-likeness (QED) is 0.583. The van der Waals surface area contributed by atoms with Gasteiger partial charge in [0.05, 0.1) is 0 Å². The number of amides is 2. The normalized spacial score (nSPS) is 10.4. The average Bonchev–Trinajstić information content (AvgIpc) is 3.14. The molecule has 0 saturated heterocycles. The summed E-state index contributed by atoms with van der Waals surface area (Å²) in [5.41, 5.74) is 2.14. The molecule has 0 unspecified atom stereocenters. The summed E-state index contributed by atoms with van der Waals surface area (Å²) in [4.78, 5) is 24.0. The van der Waals surface area contributed by atoms with Crippen molar-refractivity contribution in [2.75, 3.05) is 10.6 Å². The van der Waals surface area contributed by atoms with Crippen molar-refractivity contribution in [3.05, 3.63) is 71.4 Å². The van der Waals surface area contributed by atoms with Crippen LogP contribution in [0.3, 0.4) is 0 Å². The van der Waals surface area contributed by atoms with Gasteiger partial charge in [-0.2, -0.15) is 0 Å². The van der Waals surface area contributed by atoms with E-state index < -0.39 is 0 Å². The van der Waals surface area contributed by atoms with Crippen LogP contribution in [0.1, 0.15) is 30.3 Å². The molecule has 0 spiro atoms. The van der Waals surface area contributed by atoms with Crippen molar-refractivity contribution in [1.82, 2.24) is 0 Å². The van der Waals surface area contributed by atoms with Crippen LogP contribution in [-0.2, 0) is 4.79 Å². The zero-order valence-corrected chi connectivity index (χ0v) is 15.5. The van der Waals surface area contributed by atoms with Gasteiger partial charge in [0.15, 0.2) is 5.76 Å². The minimum absolute atomic E-state index is 0.0281. The molecule has 0 aliphatic carbocycles. The van der Waals surface area contributed by atoms with E-state index in [1.54, 1.807) is 48.5 Å². The lowest BCUT2D eigenvalue weighted by Crippen LogP contribution is -2.12. The smallest absolute Gasteiger partial charge is 0.291 e. The minimum atomic E-state index is -0.349. The third kappa shape index (κ3) is 4.99. The minimum Gasteiger partial charge on any atom is -0.451 e. The molecule has 0 bridgehead atoms. The number of furan rings is 1. The van der Waals surface area contributed by atoms with Crippen molar-refractivity contribution >= 4 is 34.8 Å². The maximum atomic E-state index is 12.4. The lowest BCUT2D eigenvalue weighted by atomic mass is 10.2. The number of halogens is 1. The summed E-state index contributed by atoms with van der Waals surface area (Å²) >= 11 is 5.88. The van der Waals surface area contributed by atoms with Crippen LogP contribution in [0.25, 0.3) is 11.3 Å². The molecule has 0 aliphatic heterocycles. The van der Waals surface area contributed by atoms with E-state index in [-0.39, 0.29) is 17.6 Å². The Balaban J connectivity index is 1.63. The van der Waals surface area contributed by atoms with Crippen molar-refractivity contribution in [3.8, 4) is 11.3 Å². The Labute approximate surface area is 162 Å². The zero-order chi connectivity index (χ0) is 19.2. The van der Waals surface area contributed by atoms with Gasteiger partial charge in [0, 0.05) is 28.4 Å². The van der Waals surface area contributed by atoms with Gasteiger partial charge in [0.2, 0.25) is 5.91 Å². The van der Waals surface area contributed by atoms with E-state index in [4.69, 9.17) is 16.0 Å². The van der Waals surface area contributed by atoms with Gasteiger partial charge in [-0.3, -0.25) is 9.59 Å². The molecule has 0 fully saturated rings. The largest absolute Gasteiger partial charge is 0.451 e. The molecule has 2 N–H and O–H groups in total. The summed E-state index contributed by atoms with van der Waals surface area (Å²) < 4.78 is 5.63. The van der Waals surface area contributed by atoms with Gasteiger partial charge < -0.3 is 15.1 Å². The molecule has 6 heteroatoms. The molecule has 2 aromatic carbocycles. The highest BCUT2D eigenvalue weighted by Crippen LogP contribution is 2.24. The SMILES string of the molecule is CCCC(=O)Nc1ccc(NC(=O)c2ccc(-c3ccc(Cl)cc3)o2)cc1. The van der Waals surface area contributed by atoms with E-state index in [0.29, 0.717) is 28.6 Å². The predicted octanol–water partition coefficient (Wildman–Crippen LogP) is 5.59. The highest BCUT2D eigenvalue weighted by atomic mass is 35.5. The maximum Gasteiger partial charge on any atom is 0.291 e. The average molecular weight is 383 g/mol. The number of carbonyl (C=O) groups is 2. The number of benzene rings is 2. The first kappa shape index (κ1) is 18.7. The molecule has 0 radical (unpaired) electrons. The van der Waals surface area contributed by atoms with E-state index in [1.165, 1.54) is 0 Å². The fraction of sp³-hybridized carbons (Fsp3) is 0.143. The van der Waals surface area contributed by atoms with Crippen LogP contribution in [-0.4, -0.2) is 11.8 Å². The first-order chi connectivity index (χ1) is 13.0. The molecular formula is C21H19ClN2O3. The van der Waals surface area contributed by atoms with E-state index in [1.807, 2.05) is 19.1 Å². The van der Waals surface area contributed by atoms with Crippen molar-refractivity contribution in [3.63, 3.8) is 0 Å². The van der Waals surface area contributed by atoms with Crippen molar-refractivity contribution < 1.29 is 14.0 Å². The Bertz CT molecular complexity index is 931. The van der Waals surface area contributed by atoms with Crippen LogP contribution in [0.5, 0.6) is 0 Å². The summed E-state index contributed by atoms with van der Waals surface area (Å²) in [5.74, 6) is 0.420. The van der Waals surface area contributed by atoms with Crippen LogP contribution >= 0.6 is 11.6 Å². The Morgan fingerprint density at radius 1 is 0.889 bits per heavy atom. The Morgan fingerprint density at radius 2 is 1.52 bits per heavy atom. The van der Waals surface area contributed by atoms with Crippen LogP contribution in [0.2, 0.25) is 5.02 Å². The Hall–Kier alpha value is -3.05. The molecule has 1 aromatic heterocycles. The highest BCUT2D eigenvalue weighted by Gasteiger charge is 2.13. The molecule has 27 heavy (non-hydrogen) atoms. The second-order valence-electron chi connectivity index (χ2n) is 6.00. The van der Waals surface area contributed by atoms with E-state index in [0.717, 1.165) is 12.0 Å². The third-order valence-electron chi connectivity index (χ3n) is 3.86. The van der Waals surface area contributed by atoms with Crippen LogP contribution < -0.4 is 10.6 Å². The summed E-state index contributed by atoms with van der Waals surface area (Å²) in [5, 5.41) is 6.21. The second kappa shape index (κ2) is 8.56. The lowest BCUT2D eigenvalue weighted by Gasteiger charge is -2.07. The summed E-state index contributed by atoms with van der Waals surface area (Å²) in [6, 6.07) is 17.5. The number of rotatable bonds is 6. The monoisotopic (exact) mass is 382 g/mol. The van der Waals surface area contributed by atoms with Crippen molar-refractivity contribution in [2.45, 2.75) is 19.8 Å². The zero-order valence-electron chi connectivity index (χ0n) is 14.8. The Morgan fingerprint density at radius 3 is 2.15 bits per heavy atom. The van der Waals surface area contributed by atoms with Crippen LogP contribution in [0.4, 0.5) is 11.4 Å². The molecule has 3 rings (SSSR count). The number of hydrogen-bond acceptors (Lipinski definition) is 3. The van der Waals surface area contributed by atoms with E-state index >= 15 is 0 Å². The number of hydrogen-bond donors (Lipinski definition) is 2. The summed E-state index contributed by atoms with van der Waals surface area (Å²) in [7, 11) is 0. The lowest BCUT2D eigenvalue weighted by molar-refractivity contribution is -0.116.